The van der Waals surface area contributed by atoms with Crippen molar-refractivity contribution in [1.29, 1.82) is 5.26 Å². The Bertz CT molecular complexity index is 934. The molecule has 0 unspecified atom stereocenters. The molecule has 1 amide bonds. The van der Waals surface area contributed by atoms with Crippen LogP contribution < -0.4 is 16.6 Å². The van der Waals surface area contributed by atoms with Gasteiger partial charge >= 0.3 is 5.69 Å². The zero-order valence-corrected chi connectivity index (χ0v) is 14.0. The quantitative estimate of drug-likeness (QED) is 0.891. The van der Waals surface area contributed by atoms with E-state index in [4.69, 9.17) is 5.26 Å². The highest BCUT2D eigenvalue weighted by molar-refractivity contribution is 5.90. The summed E-state index contributed by atoms with van der Waals surface area (Å²) in [6.07, 6.45) is 2.95. The molecule has 0 aliphatic carbocycles. The van der Waals surface area contributed by atoms with E-state index in [2.05, 4.69) is 5.32 Å². The summed E-state index contributed by atoms with van der Waals surface area (Å²) in [5, 5.41) is 11.8. The smallest absolute Gasteiger partial charge is 0.328 e. The van der Waals surface area contributed by atoms with Crippen LogP contribution in [0.3, 0.4) is 0 Å². The van der Waals surface area contributed by atoms with E-state index in [9.17, 15) is 14.4 Å². The number of carbonyl (C=O) groups excluding carboxylic acids is 1. The molecular formula is C16H19N5O3. The second-order valence-corrected chi connectivity index (χ2v) is 6.44. The summed E-state index contributed by atoms with van der Waals surface area (Å²) >= 11 is 0. The van der Waals surface area contributed by atoms with Crippen molar-refractivity contribution in [3.8, 4) is 6.07 Å². The molecule has 0 bridgehead atoms. The van der Waals surface area contributed by atoms with Crippen molar-refractivity contribution in [2.24, 2.45) is 7.05 Å². The van der Waals surface area contributed by atoms with Crippen molar-refractivity contribution in [3.63, 3.8) is 0 Å². The lowest BCUT2D eigenvalue weighted by atomic mass is 10.1. The highest BCUT2D eigenvalue weighted by Crippen LogP contribution is 2.23. The molecule has 8 heteroatoms. The standard InChI is InChI=1S/C16H19N5O3/c1-16(2,3)21-9-11(8-17)7-12(21)18-13(22)10-20-6-5-14(23)19(4)15(20)24/h5-7,9H,10H2,1-4H3,(H,18,22). The number of rotatable bonds is 3. The van der Waals surface area contributed by atoms with Crippen molar-refractivity contribution >= 4 is 11.7 Å². The zero-order valence-electron chi connectivity index (χ0n) is 14.0. The molecule has 0 aliphatic rings. The van der Waals surface area contributed by atoms with Crippen LogP contribution in [0.4, 0.5) is 5.82 Å². The van der Waals surface area contributed by atoms with Crippen LogP contribution in [0.15, 0.2) is 34.1 Å². The summed E-state index contributed by atoms with van der Waals surface area (Å²) in [6, 6.07) is 4.84. The maximum atomic E-state index is 12.3. The Morgan fingerprint density at radius 3 is 2.58 bits per heavy atom. The monoisotopic (exact) mass is 329 g/mol. The number of carbonyl (C=O) groups is 1. The predicted molar refractivity (Wildman–Crippen MR) is 88.7 cm³/mol. The summed E-state index contributed by atoms with van der Waals surface area (Å²) in [6.45, 7) is 5.61. The number of anilines is 1. The number of nitrogens with zero attached hydrogens (tertiary/aromatic N) is 4. The fourth-order valence-corrected chi connectivity index (χ4v) is 2.25. The fourth-order valence-electron chi connectivity index (χ4n) is 2.25. The molecule has 8 nitrogen and oxygen atoms in total. The van der Waals surface area contributed by atoms with Gasteiger partial charge in [-0.25, -0.2) is 4.79 Å². The van der Waals surface area contributed by atoms with E-state index in [1.165, 1.54) is 19.3 Å². The van der Waals surface area contributed by atoms with Gasteiger partial charge in [-0.15, -0.1) is 0 Å². The number of hydrogen-bond acceptors (Lipinski definition) is 4. The SMILES string of the molecule is Cn1c(=O)ccn(CC(=O)Nc2cc(C#N)cn2C(C)(C)C)c1=O. The molecule has 0 saturated carbocycles. The third-order valence-corrected chi connectivity index (χ3v) is 3.51. The molecule has 0 saturated heterocycles. The molecule has 0 fully saturated rings. The minimum atomic E-state index is -0.568. The second-order valence-electron chi connectivity index (χ2n) is 6.44. The van der Waals surface area contributed by atoms with Gasteiger partial charge in [-0.1, -0.05) is 0 Å². The van der Waals surface area contributed by atoms with Crippen LogP contribution in [-0.4, -0.2) is 19.6 Å². The third-order valence-electron chi connectivity index (χ3n) is 3.51. The van der Waals surface area contributed by atoms with Crippen molar-refractivity contribution in [1.82, 2.24) is 13.7 Å². The number of nitriles is 1. The number of hydrogen-bond donors (Lipinski definition) is 1. The maximum absolute atomic E-state index is 12.3. The van der Waals surface area contributed by atoms with E-state index in [1.807, 2.05) is 26.8 Å². The summed E-state index contributed by atoms with van der Waals surface area (Å²) in [5.74, 6) is 0.0470. The highest BCUT2D eigenvalue weighted by Gasteiger charge is 2.19. The first-order valence-electron chi connectivity index (χ1n) is 7.33. The zero-order chi connectivity index (χ0) is 18.1. The van der Waals surface area contributed by atoms with Crippen molar-refractivity contribution in [3.05, 3.63) is 50.9 Å². The lowest BCUT2D eigenvalue weighted by molar-refractivity contribution is -0.116. The Morgan fingerprint density at radius 2 is 2.00 bits per heavy atom. The predicted octanol–water partition coefficient (Wildman–Crippen LogP) is 0.614. The Labute approximate surface area is 138 Å². The molecule has 126 valence electrons. The van der Waals surface area contributed by atoms with Gasteiger partial charge < -0.3 is 9.88 Å². The second kappa shape index (κ2) is 6.20. The Balaban J connectivity index is 2.27. The molecule has 0 spiro atoms. The van der Waals surface area contributed by atoms with Gasteiger partial charge in [0.05, 0.1) is 5.56 Å². The minimum Gasteiger partial charge on any atom is -0.328 e. The van der Waals surface area contributed by atoms with E-state index in [-0.39, 0.29) is 12.1 Å². The largest absolute Gasteiger partial charge is 0.331 e. The van der Waals surface area contributed by atoms with Gasteiger partial charge in [0.15, 0.2) is 0 Å². The van der Waals surface area contributed by atoms with Gasteiger partial charge in [-0.2, -0.15) is 5.26 Å². The normalized spacial score (nSPS) is 11.1. The van der Waals surface area contributed by atoms with Crippen LogP contribution in [-0.2, 0) is 23.9 Å². The van der Waals surface area contributed by atoms with Gasteiger partial charge in [-0.3, -0.25) is 18.7 Å². The van der Waals surface area contributed by atoms with Crippen LogP contribution in [0.5, 0.6) is 0 Å². The molecule has 24 heavy (non-hydrogen) atoms. The van der Waals surface area contributed by atoms with E-state index in [0.717, 1.165) is 9.13 Å². The molecule has 0 aliphatic heterocycles. The Morgan fingerprint density at radius 1 is 1.33 bits per heavy atom. The molecule has 0 aromatic carbocycles. The molecule has 2 aromatic heterocycles. The van der Waals surface area contributed by atoms with Crippen molar-refractivity contribution in [2.45, 2.75) is 32.9 Å². The first kappa shape index (κ1) is 17.3. The topological polar surface area (TPSA) is 102 Å². The number of aromatic nitrogens is 3. The Hall–Kier alpha value is -3.08. The average Bonchev–Trinajstić information content (AvgIpc) is 2.91. The lowest BCUT2D eigenvalue weighted by Crippen LogP contribution is -2.39. The lowest BCUT2D eigenvalue weighted by Gasteiger charge is -2.24. The van der Waals surface area contributed by atoms with Gasteiger partial charge in [0.25, 0.3) is 5.56 Å². The molecule has 2 heterocycles. The van der Waals surface area contributed by atoms with Crippen LogP contribution in [0.1, 0.15) is 26.3 Å². The highest BCUT2D eigenvalue weighted by atomic mass is 16.2. The molecule has 1 N–H and O–H groups in total. The molecular weight excluding hydrogens is 310 g/mol. The summed E-state index contributed by atoms with van der Waals surface area (Å²) in [4.78, 5) is 35.6. The van der Waals surface area contributed by atoms with Crippen molar-refractivity contribution < 1.29 is 4.79 Å². The van der Waals surface area contributed by atoms with Crippen LogP contribution in [0, 0.1) is 11.3 Å². The van der Waals surface area contributed by atoms with Crippen LogP contribution >= 0.6 is 0 Å². The molecule has 0 radical (unpaired) electrons. The van der Waals surface area contributed by atoms with E-state index in [0.29, 0.717) is 11.4 Å². The number of nitrogens with one attached hydrogen (secondary N) is 1. The van der Waals surface area contributed by atoms with Crippen LogP contribution in [0.25, 0.3) is 0 Å². The van der Waals surface area contributed by atoms with Gasteiger partial charge in [-0.05, 0) is 26.8 Å². The number of amides is 1. The summed E-state index contributed by atoms with van der Waals surface area (Å²) in [5.41, 5.74) is -0.899. The van der Waals surface area contributed by atoms with Crippen LogP contribution in [0.2, 0.25) is 0 Å². The summed E-state index contributed by atoms with van der Waals surface area (Å²) in [7, 11) is 1.35. The van der Waals surface area contributed by atoms with Gasteiger partial charge in [0.1, 0.15) is 18.4 Å². The Kier molecular flexibility index (Phi) is 4.46. The molecule has 0 atom stereocenters. The third kappa shape index (κ3) is 3.46. The van der Waals surface area contributed by atoms with E-state index >= 15 is 0 Å². The molecule has 2 aromatic rings. The first-order chi connectivity index (χ1) is 11.1. The van der Waals surface area contributed by atoms with Crippen molar-refractivity contribution in [2.75, 3.05) is 5.32 Å². The maximum Gasteiger partial charge on any atom is 0.331 e. The average molecular weight is 329 g/mol. The fraction of sp³-hybridized carbons (Fsp3) is 0.375. The van der Waals surface area contributed by atoms with E-state index in [1.54, 1.807) is 16.8 Å². The van der Waals surface area contributed by atoms with Gasteiger partial charge in [0, 0.05) is 31.0 Å². The molecule has 2 rings (SSSR count). The summed E-state index contributed by atoms with van der Waals surface area (Å²) < 4.78 is 3.86. The first-order valence-corrected chi connectivity index (χ1v) is 7.33. The van der Waals surface area contributed by atoms with Gasteiger partial charge in [0.2, 0.25) is 5.91 Å². The van der Waals surface area contributed by atoms with E-state index < -0.39 is 17.2 Å². The minimum absolute atomic E-state index is 0.232.